The smallest absolute Gasteiger partial charge is 0.131 e. The molecular formula is C11H14FNO. The molecule has 0 aliphatic rings. The Bertz CT molecular complexity index is 287. The van der Waals surface area contributed by atoms with Crippen molar-refractivity contribution < 1.29 is 9.28 Å². The Morgan fingerprint density at radius 1 is 1.36 bits per heavy atom. The van der Waals surface area contributed by atoms with Crippen LogP contribution in [0.4, 0.5) is 4.48 Å². The molecule has 3 heteroatoms. The van der Waals surface area contributed by atoms with Crippen LogP contribution in [0.5, 0.6) is 0 Å². The van der Waals surface area contributed by atoms with E-state index in [4.69, 9.17) is 0 Å². The summed E-state index contributed by atoms with van der Waals surface area (Å²) >= 11 is 0. The van der Waals surface area contributed by atoms with Gasteiger partial charge in [0.15, 0.2) is 0 Å². The summed E-state index contributed by atoms with van der Waals surface area (Å²) in [6.45, 7) is 1.88. The Labute approximate surface area is 83.3 Å². The number of benzene rings is 1. The van der Waals surface area contributed by atoms with Crippen LogP contribution in [0.15, 0.2) is 30.3 Å². The minimum absolute atomic E-state index is 0.0145. The molecule has 0 saturated heterocycles. The molecule has 0 unspecified atom stereocenters. The Balaban J connectivity index is 2.34. The molecule has 0 aliphatic carbocycles. The number of halogens is 1. The van der Waals surface area contributed by atoms with Gasteiger partial charge in [-0.2, -0.15) is 0 Å². The number of Topliss-reactive ketones (excluding diaryl/α,β-unsaturated/α-hetero) is 1. The van der Waals surface area contributed by atoms with Gasteiger partial charge in [0, 0.05) is 13.0 Å². The first-order chi connectivity index (χ1) is 6.68. The number of hydrogen-bond donors (Lipinski definition) is 0. The maximum atomic E-state index is 13.1. The summed E-state index contributed by atoms with van der Waals surface area (Å²) in [4.78, 5) is 10.6. The highest BCUT2D eigenvalue weighted by Gasteiger charge is 2.04. The number of carbonyl (C=O) groups is 1. The molecule has 0 fully saturated rings. The molecule has 0 saturated carbocycles. The van der Waals surface area contributed by atoms with E-state index in [1.165, 1.54) is 6.92 Å². The summed E-state index contributed by atoms with van der Waals surface area (Å²) in [5.41, 5.74) is 0.915. The van der Waals surface area contributed by atoms with Crippen molar-refractivity contribution in [1.29, 1.82) is 0 Å². The van der Waals surface area contributed by atoms with Crippen molar-refractivity contribution in [3.63, 3.8) is 0 Å². The van der Waals surface area contributed by atoms with Gasteiger partial charge in [-0.05, 0) is 12.5 Å². The van der Waals surface area contributed by atoms with Gasteiger partial charge >= 0.3 is 0 Å². The SMILES string of the molecule is CC(=O)CCN(F)Cc1ccccc1. The van der Waals surface area contributed by atoms with E-state index in [1.807, 2.05) is 30.3 Å². The zero-order chi connectivity index (χ0) is 10.4. The molecule has 0 aromatic heterocycles. The second-order valence-electron chi connectivity index (χ2n) is 3.28. The first kappa shape index (κ1) is 10.9. The molecule has 0 N–H and O–H groups in total. The van der Waals surface area contributed by atoms with Gasteiger partial charge in [-0.25, -0.2) is 0 Å². The summed E-state index contributed by atoms with van der Waals surface area (Å²) in [7, 11) is 0. The van der Waals surface area contributed by atoms with E-state index < -0.39 is 0 Å². The van der Waals surface area contributed by atoms with Crippen LogP contribution >= 0.6 is 0 Å². The summed E-state index contributed by atoms with van der Waals surface area (Å²) in [5, 5.41) is 0.663. The first-order valence-electron chi connectivity index (χ1n) is 4.62. The molecule has 0 spiro atoms. The Kier molecular flexibility index (Phi) is 4.26. The fourth-order valence-electron chi connectivity index (χ4n) is 1.14. The normalized spacial score (nSPS) is 10.5. The molecule has 0 aliphatic heterocycles. The van der Waals surface area contributed by atoms with Gasteiger partial charge < -0.3 is 0 Å². The predicted molar refractivity (Wildman–Crippen MR) is 53.3 cm³/mol. The van der Waals surface area contributed by atoms with Gasteiger partial charge in [-0.1, -0.05) is 30.3 Å². The van der Waals surface area contributed by atoms with Gasteiger partial charge in [0.2, 0.25) is 0 Å². The maximum absolute atomic E-state index is 13.1. The van der Waals surface area contributed by atoms with Crippen molar-refractivity contribution in [2.24, 2.45) is 0 Å². The van der Waals surface area contributed by atoms with Crippen molar-refractivity contribution in [3.05, 3.63) is 35.9 Å². The van der Waals surface area contributed by atoms with Crippen molar-refractivity contribution in [1.82, 2.24) is 5.12 Å². The fourth-order valence-corrected chi connectivity index (χ4v) is 1.14. The monoisotopic (exact) mass is 195 g/mol. The largest absolute Gasteiger partial charge is 0.300 e. The number of hydrogen-bond acceptors (Lipinski definition) is 2. The van der Waals surface area contributed by atoms with Gasteiger partial charge in [0.1, 0.15) is 5.78 Å². The average Bonchev–Trinajstić information content (AvgIpc) is 2.16. The number of ketones is 1. The van der Waals surface area contributed by atoms with Crippen LogP contribution in [0.1, 0.15) is 18.9 Å². The van der Waals surface area contributed by atoms with E-state index in [0.29, 0.717) is 5.12 Å². The van der Waals surface area contributed by atoms with E-state index in [0.717, 1.165) is 5.56 Å². The molecule has 0 bridgehead atoms. The third kappa shape index (κ3) is 4.14. The lowest BCUT2D eigenvalue weighted by molar-refractivity contribution is -0.118. The van der Waals surface area contributed by atoms with Crippen LogP contribution < -0.4 is 0 Å². The minimum Gasteiger partial charge on any atom is -0.300 e. The van der Waals surface area contributed by atoms with E-state index in [-0.39, 0.29) is 25.3 Å². The Morgan fingerprint density at radius 2 is 2.00 bits per heavy atom. The highest BCUT2D eigenvalue weighted by Crippen LogP contribution is 2.05. The zero-order valence-electron chi connectivity index (χ0n) is 8.24. The van der Waals surface area contributed by atoms with Crippen molar-refractivity contribution in [3.8, 4) is 0 Å². The van der Waals surface area contributed by atoms with E-state index in [9.17, 15) is 9.28 Å². The molecule has 2 nitrogen and oxygen atoms in total. The van der Waals surface area contributed by atoms with Crippen molar-refractivity contribution in [2.45, 2.75) is 19.9 Å². The van der Waals surface area contributed by atoms with Crippen LogP contribution in [0.2, 0.25) is 0 Å². The number of carbonyl (C=O) groups excluding carboxylic acids is 1. The summed E-state index contributed by atoms with van der Waals surface area (Å²) in [6, 6.07) is 9.35. The van der Waals surface area contributed by atoms with Crippen LogP contribution in [0.25, 0.3) is 0 Å². The topological polar surface area (TPSA) is 20.3 Å². The van der Waals surface area contributed by atoms with Gasteiger partial charge in [0.05, 0.1) is 6.54 Å². The summed E-state index contributed by atoms with van der Waals surface area (Å²) in [6.07, 6.45) is 0.267. The van der Waals surface area contributed by atoms with Crippen LogP contribution in [-0.2, 0) is 11.3 Å². The van der Waals surface area contributed by atoms with Crippen LogP contribution in [0.3, 0.4) is 0 Å². The zero-order valence-corrected chi connectivity index (χ0v) is 8.24. The molecule has 0 amide bonds. The fraction of sp³-hybridized carbons (Fsp3) is 0.364. The molecule has 1 aromatic carbocycles. The minimum atomic E-state index is 0.0145. The van der Waals surface area contributed by atoms with Crippen molar-refractivity contribution in [2.75, 3.05) is 6.54 Å². The molecule has 1 aromatic rings. The molecule has 0 radical (unpaired) electrons. The molecule has 0 heterocycles. The second-order valence-corrected chi connectivity index (χ2v) is 3.28. The lowest BCUT2D eigenvalue weighted by Crippen LogP contribution is -2.16. The summed E-state index contributed by atoms with van der Waals surface area (Å²) < 4.78 is 13.1. The highest BCUT2D eigenvalue weighted by atomic mass is 19.2. The highest BCUT2D eigenvalue weighted by molar-refractivity contribution is 5.75. The van der Waals surface area contributed by atoms with Gasteiger partial charge in [-0.15, -0.1) is 9.60 Å². The Morgan fingerprint density at radius 3 is 2.57 bits per heavy atom. The first-order valence-corrected chi connectivity index (χ1v) is 4.62. The maximum Gasteiger partial charge on any atom is 0.131 e. The van der Waals surface area contributed by atoms with Crippen LogP contribution in [-0.4, -0.2) is 17.5 Å². The van der Waals surface area contributed by atoms with E-state index in [1.54, 1.807) is 0 Å². The Hall–Kier alpha value is -1.22. The van der Waals surface area contributed by atoms with Crippen molar-refractivity contribution >= 4 is 5.78 Å². The van der Waals surface area contributed by atoms with Gasteiger partial charge in [-0.3, -0.25) is 4.79 Å². The molecular weight excluding hydrogens is 181 g/mol. The van der Waals surface area contributed by atoms with Crippen LogP contribution in [0, 0.1) is 0 Å². The predicted octanol–water partition coefficient (Wildman–Crippen LogP) is 2.35. The lowest BCUT2D eigenvalue weighted by atomic mass is 10.2. The molecule has 76 valence electrons. The third-order valence-corrected chi connectivity index (χ3v) is 1.90. The van der Waals surface area contributed by atoms with E-state index >= 15 is 0 Å². The molecule has 14 heavy (non-hydrogen) atoms. The van der Waals surface area contributed by atoms with E-state index in [2.05, 4.69) is 0 Å². The third-order valence-electron chi connectivity index (χ3n) is 1.90. The number of rotatable bonds is 5. The number of nitrogens with zero attached hydrogens (tertiary/aromatic N) is 1. The molecule has 0 atom stereocenters. The molecule has 1 rings (SSSR count). The lowest BCUT2D eigenvalue weighted by Gasteiger charge is -2.10. The summed E-state index contributed by atoms with van der Waals surface area (Å²) in [5.74, 6) is 0.0145. The quantitative estimate of drug-likeness (QED) is 0.672. The standard InChI is InChI=1S/C11H14FNO/c1-10(14)7-8-13(12)9-11-5-3-2-4-6-11/h2-6H,7-9H2,1H3. The second kappa shape index (κ2) is 5.50. The van der Waals surface area contributed by atoms with Gasteiger partial charge in [0.25, 0.3) is 0 Å². The average molecular weight is 195 g/mol.